The number of aldehydes is 1. The molecule has 134 valence electrons. The lowest BCUT2D eigenvalue weighted by molar-refractivity contribution is -0.132. The van der Waals surface area contributed by atoms with Crippen LogP contribution in [0.25, 0.3) is 0 Å². The predicted octanol–water partition coefficient (Wildman–Crippen LogP) is 2.99. The number of piperidine rings is 1. The largest absolute Gasteiger partial charge is 0.388 e. The van der Waals surface area contributed by atoms with Gasteiger partial charge >= 0.3 is 0 Å². The molecule has 0 spiro atoms. The molecule has 5 nitrogen and oxygen atoms in total. The number of rotatable bonds is 3. The van der Waals surface area contributed by atoms with Crippen molar-refractivity contribution < 1.29 is 9.59 Å². The normalized spacial score (nSPS) is 18.8. The number of hydrogen-bond acceptors (Lipinski definition) is 4. The summed E-state index contributed by atoms with van der Waals surface area (Å²) in [6.45, 7) is 8.42. The van der Waals surface area contributed by atoms with Crippen LogP contribution in [0.15, 0.2) is 24.3 Å². The molecular weight excluding hydrogens is 326 g/mol. The number of carbonyl (C=O) groups is 2. The molecular formula is C18H28ClN3O2. The van der Waals surface area contributed by atoms with E-state index in [4.69, 9.17) is 11.6 Å². The lowest BCUT2D eigenvalue weighted by Gasteiger charge is -2.46. The van der Waals surface area contributed by atoms with E-state index in [1.165, 1.54) is 0 Å². The molecule has 1 heterocycles. The van der Waals surface area contributed by atoms with Crippen molar-refractivity contribution >= 4 is 29.5 Å². The predicted molar refractivity (Wildman–Crippen MR) is 99.5 cm³/mol. The molecule has 0 saturated carbocycles. The molecule has 6 heteroatoms. The van der Waals surface area contributed by atoms with E-state index in [0.717, 1.165) is 23.6 Å². The first-order chi connectivity index (χ1) is 11.1. The van der Waals surface area contributed by atoms with Crippen molar-refractivity contribution in [1.29, 1.82) is 0 Å². The third kappa shape index (κ3) is 7.32. The fourth-order valence-corrected chi connectivity index (χ4v) is 3.40. The van der Waals surface area contributed by atoms with E-state index in [2.05, 4.69) is 43.6 Å². The average molecular weight is 354 g/mol. The lowest BCUT2D eigenvalue weighted by atomic mass is 9.79. The first-order valence-corrected chi connectivity index (χ1v) is 8.43. The van der Waals surface area contributed by atoms with Crippen molar-refractivity contribution in [3.8, 4) is 0 Å². The standard InChI is InChI=1S/C11H20N2O2.C7H8ClN/c1-10(2)5-8(12-9(15)7-14)6-11(3,4)13-10;1-9-7-4-2-6(8)3-5-7/h7-8,13H,5-6H2,1-4H3,(H,12,15);2-5,9H,1H3. The SMILES string of the molecule is CC1(C)CC(NC(=O)C=O)CC(C)(C)N1.CNc1ccc(Cl)cc1. The third-order valence-electron chi connectivity index (χ3n) is 3.78. The van der Waals surface area contributed by atoms with Gasteiger partial charge in [-0.05, 0) is 64.8 Å². The Morgan fingerprint density at radius 1 is 1.17 bits per heavy atom. The molecule has 1 aromatic carbocycles. The van der Waals surface area contributed by atoms with Gasteiger partial charge in [0.15, 0.2) is 0 Å². The van der Waals surface area contributed by atoms with Gasteiger partial charge in [-0.3, -0.25) is 9.59 Å². The highest BCUT2D eigenvalue weighted by Crippen LogP contribution is 2.28. The summed E-state index contributed by atoms with van der Waals surface area (Å²) in [6.07, 6.45) is 2.02. The average Bonchev–Trinajstić information content (AvgIpc) is 2.45. The highest BCUT2D eigenvalue weighted by molar-refractivity contribution is 6.30. The minimum absolute atomic E-state index is 0.0113. The van der Waals surface area contributed by atoms with E-state index in [1.54, 1.807) is 0 Å². The maximum absolute atomic E-state index is 11.0. The van der Waals surface area contributed by atoms with Crippen molar-refractivity contribution in [3.63, 3.8) is 0 Å². The zero-order valence-corrected chi connectivity index (χ0v) is 15.8. The number of halogens is 1. The summed E-state index contributed by atoms with van der Waals surface area (Å²) >= 11 is 5.64. The zero-order chi connectivity index (χ0) is 18.4. The Balaban J connectivity index is 0.000000272. The van der Waals surface area contributed by atoms with E-state index in [0.29, 0.717) is 6.29 Å². The van der Waals surface area contributed by atoms with Crippen molar-refractivity contribution in [2.75, 3.05) is 12.4 Å². The van der Waals surface area contributed by atoms with Crippen molar-refractivity contribution in [2.24, 2.45) is 0 Å². The minimum atomic E-state index is -0.520. The van der Waals surface area contributed by atoms with Gasteiger partial charge in [0, 0.05) is 34.9 Å². The number of carbonyl (C=O) groups excluding carboxylic acids is 2. The van der Waals surface area contributed by atoms with Crippen molar-refractivity contribution in [3.05, 3.63) is 29.3 Å². The fraction of sp³-hybridized carbons (Fsp3) is 0.556. The Morgan fingerprint density at radius 2 is 1.67 bits per heavy atom. The summed E-state index contributed by atoms with van der Waals surface area (Å²) < 4.78 is 0. The van der Waals surface area contributed by atoms with Gasteiger partial charge in [0.1, 0.15) is 0 Å². The van der Waals surface area contributed by atoms with E-state index in [9.17, 15) is 9.59 Å². The quantitative estimate of drug-likeness (QED) is 0.577. The molecule has 3 N–H and O–H groups in total. The summed E-state index contributed by atoms with van der Waals surface area (Å²) in [5, 5.41) is 10.0. The number of benzene rings is 1. The number of anilines is 1. The summed E-state index contributed by atoms with van der Waals surface area (Å²) in [5.74, 6) is -0.520. The van der Waals surface area contributed by atoms with Crippen molar-refractivity contribution in [1.82, 2.24) is 10.6 Å². The van der Waals surface area contributed by atoms with Gasteiger partial charge in [-0.15, -0.1) is 0 Å². The van der Waals surface area contributed by atoms with Gasteiger partial charge in [-0.25, -0.2) is 0 Å². The van der Waals surface area contributed by atoms with Gasteiger partial charge in [0.2, 0.25) is 6.29 Å². The summed E-state index contributed by atoms with van der Waals surface area (Å²) in [7, 11) is 1.88. The lowest BCUT2D eigenvalue weighted by Crippen LogP contribution is -2.62. The van der Waals surface area contributed by atoms with Crippen LogP contribution in [0.2, 0.25) is 5.02 Å². The number of amides is 1. The monoisotopic (exact) mass is 353 g/mol. The van der Waals surface area contributed by atoms with E-state index in [-0.39, 0.29) is 17.1 Å². The van der Waals surface area contributed by atoms with Gasteiger partial charge in [0.25, 0.3) is 5.91 Å². The third-order valence-corrected chi connectivity index (χ3v) is 4.03. The molecule has 1 amide bonds. The van der Waals surface area contributed by atoms with Crippen LogP contribution >= 0.6 is 11.6 Å². The summed E-state index contributed by atoms with van der Waals surface area (Å²) in [6, 6.07) is 7.65. The molecule has 1 aromatic rings. The van der Waals surface area contributed by atoms with E-state index < -0.39 is 5.91 Å². The van der Waals surface area contributed by atoms with Crippen LogP contribution in [0.5, 0.6) is 0 Å². The van der Waals surface area contributed by atoms with E-state index in [1.807, 2.05) is 31.3 Å². The van der Waals surface area contributed by atoms with Crippen LogP contribution in [0.4, 0.5) is 5.69 Å². The molecule has 0 unspecified atom stereocenters. The molecule has 2 rings (SSSR count). The summed E-state index contributed by atoms with van der Waals surface area (Å²) in [4.78, 5) is 21.3. The second-order valence-corrected chi connectivity index (χ2v) is 7.82. The highest BCUT2D eigenvalue weighted by atomic mass is 35.5. The number of nitrogens with one attached hydrogen (secondary N) is 3. The molecule has 0 aliphatic carbocycles. The van der Waals surface area contributed by atoms with Gasteiger partial charge in [-0.2, -0.15) is 0 Å². The molecule has 1 fully saturated rings. The molecule has 1 aliphatic heterocycles. The number of hydrogen-bond donors (Lipinski definition) is 3. The van der Waals surface area contributed by atoms with Crippen LogP contribution in [-0.4, -0.2) is 36.4 Å². The van der Waals surface area contributed by atoms with E-state index >= 15 is 0 Å². The maximum atomic E-state index is 11.0. The molecule has 24 heavy (non-hydrogen) atoms. The van der Waals surface area contributed by atoms with Crippen LogP contribution in [-0.2, 0) is 9.59 Å². The topological polar surface area (TPSA) is 70.2 Å². The van der Waals surface area contributed by atoms with Crippen molar-refractivity contribution in [2.45, 2.75) is 57.7 Å². The van der Waals surface area contributed by atoms with Crippen LogP contribution in [0.3, 0.4) is 0 Å². The molecule has 0 atom stereocenters. The Hall–Kier alpha value is -1.59. The molecule has 0 radical (unpaired) electrons. The Labute approximate surface area is 149 Å². The Morgan fingerprint density at radius 3 is 2.08 bits per heavy atom. The molecule has 1 saturated heterocycles. The van der Waals surface area contributed by atoms with Gasteiger partial charge < -0.3 is 16.0 Å². The van der Waals surface area contributed by atoms with Gasteiger partial charge in [-0.1, -0.05) is 11.6 Å². The molecule has 0 bridgehead atoms. The highest BCUT2D eigenvalue weighted by Gasteiger charge is 2.37. The molecule has 1 aliphatic rings. The first kappa shape index (κ1) is 20.5. The summed E-state index contributed by atoms with van der Waals surface area (Å²) in [5.41, 5.74) is 1.06. The smallest absolute Gasteiger partial charge is 0.284 e. The Kier molecular flexibility index (Phi) is 7.24. The second-order valence-electron chi connectivity index (χ2n) is 7.38. The maximum Gasteiger partial charge on any atom is 0.284 e. The Bertz CT molecular complexity index is 540. The van der Waals surface area contributed by atoms with Gasteiger partial charge in [0.05, 0.1) is 0 Å². The zero-order valence-electron chi connectivity index (χ0n) is 15.1. The molecule has 0 aromatic heterocycles. The van der Waals surface area contributed by atoms with Crippen LogP contribution < -0.4 is 16.0 Å². The minimum Gasteiger partial charge on any atom is -0.388 e. The van der Waals surface area contributed by atoms with Crippen LogP contribution in [0.1, 0.15) is 40.5 Å². The first-order valence-electron chi connectivity index (χ1n) is 8.05. The fourth-order valence-electron chi connectivity index (χ4n) is 3.28. The van der Waals surface area contributed by atoms with Crippen LogP contribution in [0, 0.1) is 0 Å². The second kappa shape index (κ2) is 8.49.